The minimum Gasteiger partial charge on any atom is -0.409 e. The van der Waals surface area contributed by atoms with Crippen LogP contribution in [-0.2, 0) is 6.54 Å². The summed E-state index contributed by atoms with van der Waals surface area (Å²) >= 11 is 2.07. The van der Waals surface area contributed by atoms with Crippen LogP contribution in [0.5, 0.6) is 0 Å². The molecule has 4 nitrogen and oxygen atoms in total. The molecule has 2 rings (SSSR count). The molecule has 0 aliphatic carbocycles. The van der Waals surface area contributed by atoms with Gasteiger partial charge in [-0.1, -0.05) is 17.3 Å². The second-order valence-corrected chi connectivity index (χ2v) is 6.30. The first kappa shape index (κ1) is 14.2. The normalized spacial score (nSPS) is 19.8. The number of nitrogens with one attached hydrogen (secondary N) is 1. The molecule has 104 valence electrons. The number of aryl methyl sites for hydroxylation is 1. The fourth-order valence-electron chi connectivity index (χ4n) is 2.28. The average molecular weight is 279 g/mol. The number of amidine groups is 1. The Kier molecular flexibility index (Phi) is 5.10. The van der Waals surface area contributed by atoms with Crippen molar-refractivity contribution in [3.63, 3.8) is 0 Å². The number of benzene rings is 1. The van der Waals surface area contributed by atoms with E-state index in [0.717, 1.165) is 29.5 Å². The predicted molar refractivity (Wildman–Crippen MR) is 80.9 cm³/mol. The molecular formula is C14H21N3OS. The Balaban J connectivity index is 1.89. The second kappa shape index (κ2) is 6.82. The molecule has 1 aromatic rings. The molecule has 0 spiro atoms. The van der Waals surface area contributed by atoms with Gasteiger partial charge in [-0.3, -0.25) is 0 Å². The van der Waals surface area contributed by atoms with Crippen LogP contribution >= 0.6 is 11.8 Å². The summed E-state index contributed by atoms with van der Waals surface area (Å²) in [4.78, 5) is 0. The number of thioether (sulfide) groups is 1. The maximum atomic E-state index is 8.66. The Morgan fingerprint density at radius 1 is 1.58 bits per heavy atom. The van der Waals surface area contributed by atoms with Crippen molar-refractivity contribution in [1.82, 2.24) is 5.32 Å². The van der Waals surface area contributed by atoms with E-state index in [2.05, 4.69) is 29.2 Å². The van der Waals surface area contributed by atoms with Gasteiger partial charge in [0, 0.05) is 23.9 Å². The quantitative estimate of drug-likeness (QED) is 0.334. The average Bonchev–Trinajstić information content (AvgIpc) is 2.93. The minimum absolute atomic E-state index is 0.157. The molecular weight excluding hydrogens is 258 g/mol. The SMILES string of the molecule is Cc1cc(/C(N)=N/O)ccc1CNCC1CCCS1. The topological polar surface area (TPSA) is 70.6 Å². The lowest BCUT2D eigenvalue weighted by Crippen LogP contribution is -2.23. The van der Waals surface area contributed by atoms with Gasteiger partial charge in [0.15, 0.2) is 5.84 Å². The largest absolute Gasteiger partial charge is 0.409 e. The minimum atomic E-state index is 0.157. The molecule has 0 amide bonds. The molecule has 4 N–H and O–H groups in total. The molecule has 0 bridgehead atoms. The third-order valence-corrected chi connectivity index (χ3v) is 4.86. The molecule has 0 saturated carbocycles. The molecule has 0 aromatic heterocycles. The molecule has 1 atom stereocenters. The molecule has 1 aliphatic rings. The Morgan fingerprint density at radius 3 is 3.05 bits per heavy atom. The highest BCUT2D eigenvalue weighted by Crippen LogP contribution is 2.25. The van der Waals surface area contributed by atoms with Gasteiger partial charge in [0.1, 0.15) is 0 Å². The van der Waals surface area contributed by atoms with Crippen LogP contribution in [-0.4, -0.2) is 28.6 Å². The van der Waals surface area contributed by atoms with Crippen LogP contribution in [0.2, 0.25) is 0 Å². The highest BCUT2D eigenvalue weighted by atomic mass is 32.2. The van der Waals surface area contributed by atoms with Crippen LogP contribution in [0.25, 0.3) is 0 Å². The van der Waals surface area contributed by atoms with E-state index in [0.29, 0.717) is 0 Å². The summed E-state index contributed by atoms with van der Waals surface area (Å²) in [7, 11) is 0. The van der Waals surface area contributed by atoms with Crippen LogP contribution in [0.15, 0.2) is 23.4 Å². The first-order valence-corrected chi connectivity index (χ1v) is 7.65. The summed E-state index contributed by atoms with van der Waals surface area (Å²) in [5.41, 5.74) is 8.76. The van der Waals surface area contributed by atoms with E-state index < -0.39 is 0 Å². The van der Waals surface area contributed by atoms with Crippen molar-refractivity contribution in [3.8, 4) is 0 Å². The predicted octanol–water partition coefficient (Wildman–Crippen LogP) is 2.07. The number of hydrogen-bond donors (Lipinski definition) is 3. The van der Waals surface area contributed by atoms with Gasteiger partial charge in [0.25, 0.3) is 0 Å². The molecule has 1 aromatic carbocycles. The first-order chi connectivity index (χ1) is 9.20. The number of rotatable bonds is 5. The van der Waals surface area contributed by atoms with Gasteiger partial charge in [-0.15, -0.1) is 0 Å². The lowest BCUT2D eigenvalue weighted by Gasteiger charge is -2.12. The van der Waals surface area contributed by atoms with E-state index in [1.54, 1.807) is 0 Å². The number of oxime groups is 1. The molecule has 19 heavy (non-hydrogen) atoms. The van der Waals surface area contributed by atoms with Gasteiger partial charge in [-0.25, -0.2) is 0 Å². The van der Waals surface area contributed by atoms with E-state index >= 15 is 0 Å². The van der Waals surface area contributed by atoms with Crippen molar-refractivity contribution >= 4 is 17.6 Å². The smallest absolute Gasteiger partial charge is 0.170 e. The molecule has 1 fully saturated rings. The summed E-state index contributed by atoms with van der Waals surface area (Å²) in [6.07, 6.45) is 2.68. The zero-order valence-electron chi connectivity index (χ0n) is 11.2. The van der Waals surface area contributed by atoms with E-state index in [1.165, 1.54) is 24.2 Å². The van der Waals surface area contributed by atoms with E-state index in [1.807, 2.05) is 18.2 Å². The summed E-state index contributed by atoms with van der Waals surface area (Å²) in [6, 6.07) is 5.89. The number of nitrogens with zero attached hydrogens (tertiary/aromatic N) is 1. The van der Waals surface area contributed by atoms with Gasteiger partial charge >= 0.3 is 0 Å². The fraction of sp³-hybridized carbons (Fsp3) is 0.500. The van der Waals surface area contributed by atoms with E-state index in [-0.39, 0.29) is 5.84 Å². The number of hydrogen-bond acceptors (Lipinski definition) is 4. The van der Waals surface area contributed by atoms with Crippen molar-refractivity contribution < 1.29 is 5.21 Å². The highest BCUT2D eigenvalue weighted by molar-refractivity contribution is 8.00. The van der Waals surface area contributed by atoms with Crippen molar-refractivity contribution in [2.75, 3.05) is 12.3 Å². The lowest BCUT2D eigenvalue weighted by atomic mass is 10.0. The summed E-state index contributed by atoms with van der Waals surface area (Å²) in [6.45, 7) is 4.00. The summed E-state index contributed by atoms with van der Waals surface area (Å²) in [5, 5.41) is 16.0. The van der Waals surface area contributed by atoms with Crippen molar-refractivity contribution in [3.05, 3.63) is 34.9 Å². The Labute approximate surface area is 118 Å². The molecule has 1 unspecified atom stereocenters. The Morgan fingerprint density at radius 2 is 2.42 bits per heavy atom. The van der Waals surface area contributed by atoms with Crippen LogP contribution in [0.1, 0.15) is 29.5 Å². The van der Waals surface area contributed by atoms with E-state index in [9.17, 15) is 0 Å². The zero-order valence-corrected chi connectivity index (χ0v) is 12.0. The fourth-order valence-corrected chi connectivity index (χ4v) is 3.52. The second-order valence-electron chi connectivity index (χ2n) is 4.89. The highest BCUT2D eigenvalue weighted by Gasteiger charge is 2.14. The standard InChI is InChI=1S/C14H21N3OS/c1-10-7-11(14(15)17-18)4-5-12(10)8-16-9-13-3-2-6-19-13/h4-5,7,13,16,18H,2-3,6,8-9H2,1H3,(H2,15,17). The monoisotopic (exact) mass is 279 g/mol. The molecule has 1 heterocycles. The van der Waals surface area contributed by atoms with Gasteiger partial charge in [0.2, 0.25) is 0 Å². The molecule has 5 heteroatoms. The summed E-state index contributed by atoms with van der Waals surface area (Å²) in [5.74, 6) is 1.46. The third-order valence-electron chi connectivity index (χ3n) is 3.46. The van der Waals surface area contributed by atoms with Crippen molar-refractivity contribution in [2.24, 2.45) is 10.9 Å². The molecule has 1 aliphatic heterocycles. The summed E-state index contributed by atoms with van der Waals surface area (Å²) < 4.78 is 0. The third kappa shape index (κ3) is 3.88. The number of nitrogens with two attached hydrogens (primary N) is 1. The molecule has 1 saturated heterocycles. The van der Waals surface area contributed by atoms with E-state index in [4.69, 9.17) is 10.9 Å². The van der Waals surface area contributed by atoms with Crippen LogP contribution in [0.4, 0.5) is 0 Å². The van der Waals surface area contributed by atoms with Crippen LogP contribution in [0, 0.1) is 6.92 Å². The zero-order chi connectivity index (χ0) is 13.7. The van der Waals surface area contributed by atoms with Gasteiger partial charge in [0.05, 0.1) is 0 Å². The maximum absolute atomic E-state index is 8.66. The van der Waals surface area contributed by atoms with Crippen molar-refractivity contribution in [2.45, 2.75) is 31.6 Å². The van der Waals surface area contributed by atoms with Crippen LogP contribution < -0.4 is 11.1 Å². The van der Waals surface area contributed by atoms with Crippen molar-refractivity contribution in [1.29, 1.82) is 0 Å². The first-order valence-electron chi connectivity index (χ1n) is 6.60. The van der Waals surface area contributed by atoms with Gasteiger partial charge in [-0.2, -0.15) is 11.8 Å². The maximum Gasteiger partial charge on any atom is 0.170 e. The van der Waals surface area contributed by atoms with Crippen LogP contribution in [0.3, 0.4) is 0 Å². The van der Waals surface area contributed by atoms with Gasteiger partial charge in [-0.05, 0) is 42.7 Å². The lowest BCUT2D eigenvalue weighted by molar-refractivity contribution is 0.318. The Hall–Kier alpha value is -1.20. The van der Waals surface area contributed by atoms with Gasteiger partial charge < -0.3 is 16.3 Å². The Bertz CT molecular complexity index is 456. The molecule has 0 radical (unpaired) electrons.